The first kappa shape index (κ1) is 21.4. The fourth-order valence-corrected chi connectivity index (χ4v) is 3.61. The van der Waals surface area contributed by atoms with Gasteiger partial charge in [-0.25, -0.2) is 0 Å². The highest BCUT2D eigenvalue weighted by Gasteiger charge is 2.22. The summed E-state index contributed by atoms with van der Waals surface area (Å²) in [5.74, 6) is -0.264. The lowest BCUT2D eigenvalue weighted by Crippen LogP contribution is -2.37. The number of anilines is 1. The molecular formula is C21H33N3O3. The van der Waals surface area contributed by atoms with E-state index in [1.54, 1.807) is 0 Å². The van der Waals surface area contributed by atoms with Crippen LogP contribution in [-0.2, 0) is 9.59 Å². The molecule has 6 nitrogen and oxygen atoms in total. The summed E-state index contributed by atoms with van der Waals surface area (Å²) in [5, 5.41) is 11.9. The van der Waals surface area contributed by atoms with E-state index in [4.69, 9.17) is 5.11 Å². The molecule has 1 saturated heterocycles. The van der Waals surface area contributed by atoms with Crippen LogP contribution in [0.1, 0.15) is 51.0 Å². The van der Waals surface area contributed by atoms with Gasteiger partial charge in [0.05, 0.1) is 13.1 Å². The Labute approximate surface area is 162 Å². The minimum Gasteiger partial charge on any atom is -0.480 e. The van der Waals surface area contributed by atoms with Crippen molar-refractivity contribution in [3.8, 4) is 0 Å². The number of likely N-dealkylation sites (N-methyl/N-ethyl adjacent to an activating group) is 1. The highest BCUT2D eigenvalue weighted by atomic mass is 16.4. The van der Waals surface area contributed by atoms with Crippen molar-refractivity contribution in [1.29, 1.82) is 0 Å². The zero-order valence-corrected chi connectivity index (χ0v) is 16.8. The summed E-state index contributed by atoms with van der Waals surface area (Å²) >= 11 is 0. The second-order valence-corrected chi connectivity index (χ2v) is 7.65. The standard InChI is InChI=1S/C21H33N3O3/c1-4-16(2)17-7-9-18(10-8-17)22-20(25)14-24-12-5-6-19(11-13-24)23(3)15-21(26)27/h7-10,16,19H,4-6,11-15H2,1-3H3,(H,22,25)(H,26,27). The van der Waals surface area contributed by atoms with Gasteiger partial charge in [-0.1, -0.05) is 26.0 Å². The van der Waals surface area contributed by atoms with E-state index in [1.165, 1.54) is 5.56 Å². The molecule has 0 aliphatic carbocycles. The van der Waals surface area contributed by atoms with Gasteiger partial charge in [-0.05, 0) is 62.9 Å². The average molecular weight is 376 g/mol. The summed E-state index contributed by atoms with van der Waals surface area (Å²) in [6.45, 7) is 6.51. The van der Waals surface area contributed by atoms with Crippen LogP contribution in [0, 0.1) is 0 Å². The third-order valence-electron chi connectivity index (χ3n) is 5.54. The van der Waals surface area contributed by atoms with Gasteiger partial charge < -0.3 is 10.4 Å². The number of aliphatic carboxylic acids is 1. The highest BCUT2D eigenvalue weighted by molar-refractivity contribution is 5.92. The number of carbonyl (C=O) groups is 2. The van der Waals surface area contributed by atoms with Crippen molar-refractivity contribution in [2.24, 2.45) is 0 Å². The highest BCUT2D eigenvalue weighted by Crippen LogP contribution is 2.20. The van der Waals surface area contributed by atoms with Gasteiger partial charge in [0.1, 0.15) is 0 Å². The molecule has 2 N–H and O–H groups in total. The lowest BCUT2D eigenvalue weighted by Gasteiger charge is -2.25. The number of amides is 1. The molecule has 27 heavy (non-hydrogen) atoms. The Morgan fingerprint density at radius 1 is 1.26 bits per heavy atom. The van der Waals surface area contributed by atoms with Gasteiger partial charge in [-0.2, -0.15) is 0 Å². The molecule has 1 fully saturated rings. The van der Waals surface area contributed by atoms with Crippen molar-refractivity contribution < 1.29 is 14.7 Å². The van der Waals surface area contributed by atoms with Crippen molar-refractivity contribution in [2.45, 2.75) is 51.5 Å². The van der Waals surface area contributed by atoms with Crippen LogP contribution < -0.4 is 5.32 Å². The van der Waals surface area contributed by atoms with Gasteiger partial charge in [0, 0.05) is 18.3 Å². The number of carboxylic acid groups (broad SMARTS) is 1. The zero-order valence-electron chi connectivity index (χ0n) is 16.8. The van der Waals surface area contributed by atoms with E-state index in [9.17, 15) is 9.59 Å². The lowest BCUT2D eigenvalue weighted by molar-refractivity contribution is -0.138. The monoisotopic (exact) mass is 375 g/mol. The average Bonchev–Trinajstić information content (AvgIpc) is 2.86. The zero-order chi connectivity index (χ0) is 19.8. The fourth-order valence-electron chi connectivity index (χ4n) is 3.61. The summed E-state index contributed by atoms with van der Waals surface area (Å²) in [4.78, 5) is 27.4. The molecule has 6 heteroatoms. The summed E-state index contributed by atoms with van der Waals surface area (Å²) in [7, 11) is 1.87. The Morgan fingerprint density at radius 2 is 1.96 bits per heavy atom. The largest absolute Gasteiger partial charge is 0.480 e. The third-order valence-corrected chi connectivity index (χ3v) is 5.54. The van der Waals surface area contributed by atoms with E-state index in [-0.39, 0.29) is 18.5 Å². The summed E-state index contributed by atoms with van der Waals surface area (Å²) < 4.78 is 0. The van der Waals surface area contributed by atoms with E-state index >= 15 is 0 Å². The van der Waals surface area contributed by atoms with Crippen LogP contribution >= 0.6 is 0 Å². The van der Waals surface area contributed by atoms with Gasteiger partial charge in [0.25, 0.3) is 0 Å². The second kappa shape index (κ2) is 10.4. The van der Waals surface area contributed by atoms with E-state index in [0.717, 1.165) is 44.5 Å². The van der Waals surface area contributed by atoms with Crippen LogP contribution in [0.5, 0.6) is 0 Å². The molecule has 0 bridgehead atoms. The molecule has 0 spiro atoms. The van der Waals surface area contributed by atoms with Crippen LogP contribution in [0.4, 0.5) is 5.69 Å². The van der Waals surface area contributed by atoms with Gasteiger partial charge >= 0.3 is 5.97 Å². The van der Waals surface area contributed by atoms with Crippen LogP contribution in [0.25, 0.3) is 0 Å². The molecule has 0 radical (unpaired) electrons. The number of hydrogen-bond acceptors (Lipinski definition) is 4. The van der Waals surface area contributed by atoms with Crippen molar-refractivity contribution >= 4 is 17.6 Å². The summed E-state index contributed by atoms with van der Waals surface area (Å²) in [6, 6.07) is 8.37. The number of rotatable bonds is 8. The van der Waals surface area contributed by atoms with Crippen LogP contribution in [-0.4, -0.2) is 66.1 Å². The van der Waals surface area contributed by atoms with Crippen molar-refractivity contribution in [2.75, 3.05) is 38.5 Å². The summed E-state index contributed by atoms with van der Waals surface area (Å²) in [6.07, 6.45) is 3.94. The minimum absolute atomic E-state index is 0.00336. The van der Waals surface area contributed by atoms with E-state index in [2.05, 4.69) is 36.2 Å². The molecule has 1 aliphatic heterocycles. The number of hydrogen-bond donors (Lipinski definition) is 2. The maximum atomic E-state index is 12.4. The van der Waals surface area contributed by atoms with E-state index < -0.39 is 5.97 Å². The number of carbonyl (C=O) groups excluding carboxylic acids is 1. The molecule has 2 atom stereocenters. The maximum absolute atomic E-state index is 12.4. The summed E-state index contributed by atoms with van der Waals surface area (Å²) in [5.41, 5.74) is 2.13. The first-order valence-electron chi connectivity index (χ1n) is 9.93. The number of nitrogens with zero attached hydrogens (tertiary/aromatic N) is 2. The Kier molecular flexibility index (Phi) is 8.25. The second-order valence-electron chi connectivity index (χ2n) is 7.65. The molecule has 2 unspecified atom stereocenters. The van der Waals surface area contributed by atoms with Crippen LogP contribution in [0.15, 0.2) is 24.3 Å². The Morgan fingerprint density at radius 3 is 2.59 bits per heavy atom. The molecule has 1 amide bonds. The van der Waals surface area contributed by atoms with Crippen LogP contribution in [0.3, 0.4) is 0 Å². The maximum Gasteiger partial charge on any atom is 0.317 e. The minimum atomic E-state index is -0.794. The van der Waals surface area contributed by atoms with Gasteiger partial charge in [-0.3, -0.25) is 19.4 Å². The topological polar surface area (TPSA) is 72.9 Å². The van der Waals surface area contributed by atoms with Gasteiger partial charge in [0.15, 0.2) is 0 Å². The molecule has 1 heterocycles. The number of likely N-dealkylation sites (tertiary alicyclic amines) is 1. The van der Waals surface area contributed by atoms with E-state index in [1.807, 2.05) is 24.1 Å². The first-order valence-corrected chi connectivity index (χ1v) is 9.93. The first-order chi connectivity index (χ1) is 12.9. The molecule has 1 aliphatic rings. The Bertz CT molecular complexity index is 618. The van der Waals surface area contributed by atoms with E-state index in [0.29, 0.717) is 12.5 Å². The molecule has 1 aromatic rings. The fraction of sp³-hybridized carbons (Fsp3) is 0.619. The van der Waals surface area contributed by atoms with Crippen molar-refractivity contribution in [3.63, 3.8) is 0 Å². The molecular weight excluding hydrogens is 342 g/mol. The Hall–Kier alpha value is -1.92. The predicted octanol–water partition coefficient (Wildman–Crippen LogP) is 3.01. The molecule has 2 rings (SSSR count). The normalized spacial score (nSPS) is 19.5. The smallest absolute Gasteiger partial charge is 0.317 e. The number of benzene rings is 1. The van der Waals surface area contributed by atoms with Crippen molar-refractivity contribution in [3.05, 3.63) is 29.8 Å². The SMILES string of the molecule is CCC(C)c1ccc(NC(=O)CN2CCCC(N(C)CC(=O)O)CC2)cc1. The predicted molar refractivity (Wildman–Crippen MR) is 108 cm³/mol. The van der Waals surface area contributed by atoms with Crippen LogP contribution in [0.2, 0.25) is 0 Å². The third kappa shape index (κ3) is 6.96. The lowest BCUT2D eigenvalue weighted by atomic mass is 9.99. The quantitative estimate of drug-likeness (QED) is 0.731. The van der Waals surface area contributed by atoms with Gasteiger partial charge in [0.2, 0.25) is 5.91 Å². The number of carboxylic acids is 1. The molecule has 1 aromatic carbocycles. The molecule has 0 saturated carbocycles. The number of nitrogens with one attached hydrogen (secondary N) is 1. The van der Waals surface area contributed by atoms with Gasteiger partial charge in [-0.15, -0.1) is 0 Å². The Balaban J connectivity index is 1.81. The van der Waals surface area contributed by atoms with Crippen molar-refractivity contribution in [1.82, 2.24) is 9.80 Å². The molecule has 0 aromatic heterocycles. The molecule has 150 valence electrons.